The predicted molar refractivity (Wildman–Crippen MR) is 57.3 cm³/mol. The molecule has 1 rings (SSSR count). The van der Waals surface area contributed by atoms with Crippen LogP contribution >= 0.6 is 23.6 Å². The van der Waals surface area contributed by atoms with Gasteiger partial charge in [-0.3, -0.25) is 4.79 Å². The van der Waals surface area contributed by atoms with Gasteiger partial charge in [0.15, 0.2) is 0 Å². The van der Waals surface area contributed by atoms with Crippen LogP contribution in [0.25, 0.3) is 0 Å². The second kappa shape index (κ2) is 5.75. The molecule has 0 saturated carbocycles. The second-order valence-corrected chi connectivity index (χ2v) is 3.74. The number of thiocarbonyl (C=S) groups is 1. The number of isothiocyanates is 1. The lowest BCUT2D eigenvalue weighted by atomic mass is 10.2. The number of amides is 1. The van der Waals surface area contributed by atoms with Crippen molar-refractivity contribution in [2.24, 2.45) is 4.99 Å². The fourth-order valence-corrected chi connectivity index (χ4v) is 1.83. The van der Waals surface area contributed by atoms with Gasteiger partial charge in [-0.05, 0) is 36.5 Å². The van der Waals surface area contributed by atoms with Crippen molar-refractivity contribution in [1.82, 2.24) is 0 Å². The summed E-state index contributed by atoms with van der Waals surface area (Å²) in [4.78, 5) is 15.6. The molecule has 0 fully saturated rings. The molecule has 0 atom stereocenters. The summed E-state index contributed by atoms with van der Waals surface area (Å²) in [5, 5.41) is 4.11. The highest BCUT2D eigenvalue weighted by molar-refractivity contribution is 7.78. The summed E-state index contributed by atoms with van der Waals surface area (Å²) in [6.45, 7) is 0. The highest BCUT2D eigenvalue weighted by Gasteiger charge is 1.99. The summed E-state index contributed by atoms with van der Waals surface area (Å²) in [5.74, 6) is -0.174. The average Bonchev–Trinajstić information content (AvgIpc) is 2.57. The minimum absolute atomic E-state index is 0.174. The Hall–Kier alpha value is -0.830. The van der Waals surface area contributed by atoms with Crippen molar-refractivity contribution in [3.8, 4) is 0 Å². The van der Waals surface area contributed by atoms with Crippen LogP contribution in [-0.2, 0) is 11.2 Å². The molecular weight excluding hydrogens is 202 g/mol. The molecule has 0 saturated heterocycles. The van der Waals surface area contributed by atoms with Crippen molar-refractivity contribution in [3.05, 3.63) is 22.4 Å². The first-order valence-electron chi connectivity index (χ1n) is 3.96. The molecule has 1 aromatic rings. The molecule has 4 heteroatoms. The van der Waals surface area contributed by atoms with Gasteiger partial charge in [-0.15, -0.1) is 11.3 Å². The lowest BCUT2D eigenvalue weighted by molar-refractivity contribution is -0.117. The number of carbonyl (C=O) groups is 1. The Morgan fingerprint density at radius 1 is 1.69 bits per heavy atom. The third kappa shape index (κ3) is 4.08. The lowest BCUT2D eigenvalue weighted by Gasteiger charge is -1.93. The summed E-state index contributed by atoms with van der Waals surface area (Å²) in [6, 6.07) is 4.08. The van der Waals surface area contributed by atoms with Crippen molar-refractivity contribution in [2.75, 3.05) is 0 Å². The zero-order chi connectivity index (χ0) is 9.52. The largest absolute Gasteiger partial charge is 0.272 e. The normalized spacial score (nSPS) is 9.23. The molecule has 0 aliphatic rings. The van der Waals surface area contributed by atoms with E-state index in [1.54, 1.807) is 11.3 Å². The molecule has 68 valence electrons. The van der Waals surface area contributed by atoms with Gasteiger partial charge in [0.1, 0.15) is 0 Å². The molecule has 1 aromatic heterocycles. The van der Waals surface area contributed by atoms with Gasteiger partial charge in [0.25, 0.3) is 5.91 Å². The van der Waals surface area contributed by atoms with E-state index in [9.17, 15) is 4.79 Å². The quantitative estimate of drug-likeness (QED) is 0.566. The number of hydrogen-bond acceptors (Lipinski definition) is 3. The molecule has 0 spiro atoms. The van der Waals surface area contributed by atoms with Gasteiger partial charge in [0.2, 0.25) is 0 Å². The smallest absolute Gasteiger partial charge is 0.254 e. The monoisotopic (exact) mass is 211 g/mol. The molecule has 0 aromatic carbocycles. The minimum Gasteiger partial charge on any atom is -0.272 e. The maximum Gasteiger partial charge on any atom is 0.254 e. The molecule has 1 amide bonds. The topological polar surface area (TPSA) is 29.4 Å². The van der Waals surface area contributed by atoms with Crippen LogP contribution < -0.4 is 0 Å². The summed E-state index contributed by atoms with van der Waals surface area (Å²) >= 11 is 6.03. The van der Waals surface area contributed by atoms with E-state index in [0.29, 0.717) is 6.42 Å². The van der Waals surface area contributed by atoms with E-state index in [1.165, 1.54) is 4.88 Å². The van der Waals surface area contributed by atoms with E-state index in [4.69, 9.17) is 0 Å². The van der Waals surface area contributed by atoms with Gasteiger partial charge in [-0.1, -0.05) is 6.07 Å². The van der Waals surface area contributed by atoms with Crippen LogP contribution in [0.15, 0.2) is 22.5 Å². The van der Waals surface area contributed by atoms with E-state index >= 15 is 0 Å². The van der Waals surface area contributed by atoms with Gasteiger partial charge >= 0.3 is 0 Å². The SMILES string of the molecule is O=C(CCCc1cccs1)N=C=S. The van der Waals surface area contributed by atoms with Gasteiger partial charge < -0.3 is 0 Å². The van der Waals surface area contributed by atoms with Crippen molar-refractivity contribution in [1.29, 1.82) is 0 Å². The van der Waals surface area contributed by atoms with E-state index in [1.807, 2.05) is 11.4 Å². The van der Waals surface area contributed by atoms with E-state index in [2.05, 4.69) is 28.4 Å². The number of thiophene rings is 1. The van der Waals surface area contributed by atoms with Crippen molar-refractivity contribution in [3.63, 3.8) is 0 Å². The fourth-order valence-electron chi connectivity index (χ4n) is 0.975. The Bertz CT molecular complexity index is 312. The standard InChI is InChI=1S/C9H9NOS2/c11-9(10-7-12)5-1-3-8-4-2-6-13-8/h2,4,6H,1,3,5H2. The minimum atomic E-state index is -0.174. The summed E-state index contributed by atoms with van der Waals surface area (Å²) in [5.41, 5.74) is 0. The lowest BCUT2D eigenvalue weighted by Crippen LogP contribution is -1.93. The van der Waals surface area contributed by atoms with Crippen LogP contribution in [0.5, 0.6) is 0 Å². The van der Waals surface area contributed by atoms with Crippen LogP contribution in [-0.4, -0.2) is 11.1 Å². The molecular formula is C9H9NOS2. The second-order valence-electron chi connectivity index (χ2n) is 2.53. The van der Waals surface area contributed by atoms with Crippen molar-refractivity contribution >= 4 is 34.6 Å². The summed E-state index contributed by atoms with van der Waals surface area (Å²) < 4.78 is 0. The zero-order valence-corrected chi connectivity index (χ0v) is 8.66. The molecule has 13 heavy (non-hydrogen) atoms. The maximum atomic E-state index is 10.9. The highest BCUT2D eigenvalue weighted by Crippen LogP contribution is 2.11. The average molecular weight is 211 g/mol. The van der Waals surface area contributed by atoms with Gasteiger partial charge in [-0.25, -0.2) is 0 Å². The summed E-state index contributed by atoms with van der Waals surface area (Å²) in [7, 11) is 0. The van der Waals surface area contributed by atoms with E-state index in [-0.39, 0.29) is 5.91 Å². The third-order valence-electron chi connectivity index (χ3n) is 1.56. The highest BCUT2D eigenvalue weighted by atomic mass is 32.1. The van der Waals surface area contributed by atoms with Crippen LogP contribution in [0.4, 0.5) is 0 Å². The molecule has 0 N–H and O–H groups in total. The Morgan fingerprint density at radius 3 is 3.15 bits per heavy atom. The van der Waals surface area contributed by atoms with E-state index in [0.717, 1.165) is 12.8 Å². The number of aliphatic imine (C=N–C) groups is 1. The zero-order valence-electron chi connectivity index (χ0n) is 7.03. The molecule has 0 aliphatic carbocycles. The number of rotatable bonds is 4. The van der Waals surface area contributed by atoms with E-state index < -0.39 is 0 Å². The maximum absolute atomic E-state index is 10.9. The Morgan fingerprint density at radius 2 is 2.54 bits per heavy atom. The molecule has 2 nitrogen and oxygen atoms in total. The Balaban J connectivity index is 2.21. The number of nitrogens with zero attached hydrogens (tertiary/aromatic N) is 1. The molecule has 0 aliphatic heterocycles. The molecule has 0 bridgehead atoms. The van der Waals surface area contributed by atoms with Crippen LogP contribution in [0.2, 0.25) is 0 Å². The van der Waals surface area contributed by atoms with Gasteiger partial charge in [0, 0.05) is 11.3 Å². The molecule has 0 unspecified atom stereocenters. The first kappa shape index (κ1) is 10.3. The predicted octanol–water partition coefficient (Wildman–Crippen LogP) is 2.70. The Labute approximate surface area is 86.3 Å². The van der Waals surface area contributed by atoms with Crippen molar-refractivity contribution < 1.29 is 4.79 Å². The first-order chi connectivity index (χ1) is 6.33. The Kier molecular flexibility index (Phi) is 4.54. The van der Waals surface area contributed by atoms with Crippen LogP contribution in [0.3, 0.4) is 0 Å². The number of hydrogen-bond donors (Lipinski definition) is 0. The molecule has 1 heterocycles. The first-order valence-corrected chi connectivity index (χ1v) is 5.25. The van der Waals surface area contributed by atoms with Crippen LogP contribution in [0, 0.1) is 0 Å². The van der Waals surface area contributed by atoms with Gasteiger partial charge in [0.05, 0.1) is 5.16 Å². The third-order valence-corrected chi connectivity index (χ3v) is 2.59. The van der Waals surface area contributed by atoms with Crippen LogP contribution in [0.1, 0.15) is 17.7 Å². The van der Waals surface area contributed by atoms with Crippen molar-refractivity contribution in [2.45, 2.75) is 19.3 Å². The number of aryl methyl sites for hydroxylation is 1. The molecule has 0 radical (unpaired) electrons. The number of carbonyl (C=O) groups excluding carboxylic acids is 1. The summed E-state index contributed by atoms with van der Waals surface area (Å²) in [6.07, 6.45) is 2.23. The van der Waals surface area contributed by atoms with Gasteiger partial charge in [-0.2, -0.15) is 4.99 Å². The fraction of sp³-hybridized carbons (Fsp3) is 0.333.